The molecule has 0 radical (unpaired) electrons. The Morgan fingerprint density at radius 3 is 2.80 bits per heavy atom. The summed E-state index contributed by atoms with van der Waals surface area (Å²) in [4.78, 5) is 0. The van der Waals surface area contributed by atoms with Crippen LogP contribution in [0.3, 0.4) is 0 Å². The van der Waals surface area contributed by atoms with Gasteiger partial charge in [-0.2, -0.15) is 0 Å². The van der Waals surface area contributed by atoms with Crippen molar-refractivity contribution < 1.29 is 14.6 Å². The van der Waals surface area contributed by atoms with Gasteiger partial charge in [0.1, 0.15) is 0 Å². The molecule has 1 aliphatic carbocycles. The first-order chi connectivity index (χ1) is 7.24. The zero-order chi connectivity index (χ0) is 11.1. The van der Waals surface area contributed by atoms with E-state index < -0.39 is 0 Å². The molecule has 90 valence electrons. The lowest BCUT2D eigenvalue weighted by Gasteiger charge is -2.30. The SMILES string of the molecule is COCCOCC(O)C1CCCC(C)C1. The number of aliphatic hydroxyl groups is 1. The Hall–Kier alpha value is -0.120. The van der Waals surface area contributed by atoms with E-state index in [1.807, 2.05) is 0 Å². The fourth-order valence-electron chi connectivity index (χ4n) is 2.31. The highest BCUT2D eigenvalue weighted by Gasteiger charge is 2.25. The van der Waals surface area contributed by atoms with Crippen molar-refractivity contribution in [3.8, 4) is 0 Å². The summed E-state index contributed by atoms with van der Waals surface area (Å²) in [7, 11) is 1.66. The second-order valence-electron chi connectivity index (χ2n) is 4.67. The van der Waals surface area contributed by atoms with Crippen LogP contribution in [0.1, 0.15) is 32.6 Å². The third kappa shape index (κ3) is 4.96. The Kier molecular flexibility index (Phi) is 6.22. The van der Waals surface area contributed by atoms with Crippen LogP contribution in [0.5, 0.6) is 0 Å². The lowest BCUT2D eigenvalue weighted by Crippen LogP contribution is -2.30. The Morgan fingerprint density at radius 1 is 1.33 bits per heavy atom. The van der Waals surface area contributed by atoms with Crippen molar-refractivity contribution in [1.29, 1.82) is 0 Å². The van der Waals surface area contributed by atoms with E-state index in [0.717, 1.165) is 18.8 Å². The maximum Gasteiger partial charge on any atom is 0.0801 e. The predicted molar refractivity (Wildman–Crippen MR) is 59.8 cm³/mol. The maximum atomic E-state index is 9.93. The maximum absolute atomic E-state index is 9.93. The van der Waals surface area contributed by atoms with Crippen LogP contribution in [0, 0.1) is 11.8 Å². The summed E-state index contributed by atoms with van der Waals surface area (Å²) < 4.78 is 10.2. The predicted octanol–water partition coefficient (Wildman–Crippen LogP) is 1.84. The van der Waals surface area contributed by atoms with Gasteiger partial charge in [-0.05, 0) is 24.7 Å². The molecule has 0 spiro atoms. The van der Waals surface area contributed by atoms with Gasteiger partial charge in [0.2, 0.25) is 0 Å². The molecule has 1 saturated carbocycles. The van der Waals surface area contributed by atoms with E-state index >= 15 is 0 Å². The van der Waals surface area contributed by atoms with E-state index in [4.69, 9.17) is 9.47 Å². The summed E-state index contributed by atoms with van der Waals surface area (Å²) in [5, 5.41) is 9.93. The number of rotatable bonds is 6. The molecule has 1 fully saturated rings. The van der Waals surface area contributed by atoms with Gasteiger partial charge in [0.15, 0.2) is 0 Å². The molecule has 15 heavy (non-hydrogen) atoms. The molecular formula is C12H24O3. The Labute approximate surface area is 92.8 Å². The van der Waals surface area contributed by atoms with Crippen molar-refractivity contribution in [1.82, 2.24) is 0 Å². The monoisotopic (exact) mass is 216 g/mol. The van der Waals surface area contributed by atoms with Crippen LogP contribution in [0.25, 0.3) is 0 Å². The summed E-state index contributed by atoms with van der Waals surface area (Å²) in [5.74, 6) is 1.20. The van der Waals surface area contributed by atoms with Gasteiger partial charge in [0.05, 0.1) is 25.9 Å². The second-order valence-corrected chi connectivity index (χ2v) is 4.67. The molecule has 3 unspecified atom stereocenters. The molecule has 0 bridgehead atoms. The Balaban J connectivity index is 2.12. The molecular weight excluding hydrogens is 192 g/mol. The van der Waals surface area contributed by atoms with Gasteiger partial charge in [-0.1, -0.05) is 19.8 Å². The van der Waals surface area contributed by atoms with E-state index in [1.54, 1.807) is 7.11 Å². The number of hydrogen-bond acceptors (Lipinski definition) is 3. The van der Waals surface area contributed by atoms with Crippen molar-refractivity contribution in [2.45, 2.75) is 38.7 Å². The van der Waals surface area contributed by atoms with E-state index in [1.165, 1.54) is 12.8 Å². The summed E-state index contributed by atoms with van der Waals surface area (Å²) >= 11 is 0. The standard InChI is InChI=1S/C12H24O3/c1-10-4-3-5-11(8-10)12(13)9-15-7-6-14-2/h10-13H,3-9H2,1-2H3. The third-order valence-electron chi connectivity index (χ3n) is 3.24. The lowest BCUT2D eigenvalue weighted by atomic mass is 9.80. The minimum absolute atomic E-state index is 0.287. The van der Waals surface area contributed by atoms with Crippen molar-refractivity contribution in [3.63, 3.8) is 0 Å². The molecule has 1 rings (SSSR count). The molecule has 0 heterocycles. The zero-order valence-electron chi connectivity index (χ0n) is 9.95. The first-order valence-corrected chi connectivity index (χ1v) is 5.98. The van der Waals surface area contributed by atoms with Crippen LogP contribution in [-0.4, -0.2) is 38.1 Å². The van der Waals surface area contributed by atoms with Gasteiger partial charge in [-0.3, -0.25) is 0 Å². The Bertz CT molecular complexity index is 161. The number of methoxy groups -OCH3 is 1. The van der Waals surface area contributed by atoms with Gasteiger partial charge in [0, 0.05) is 7.11 Å². The molecule has 0 saturated heterocycles. The fourth-order valence-corrected chi connectivity index (χ4v) is 2.31. The van der Waals surface area contributed by atoms with Crippen molar-refractivity contribution >= 4 is 0 Å². The van der Waals surface area contributed by atoms with Gasteiger partial charge < -0.3 is 14.6 Å². The summed E-state index contributed by atoms with van der Waals surface area (Å²) in [6, 6.07) is 0. The molecule has 0 aromatic carbocycles. The summed E-state index contributed by atoms with van der Waals surface area (Å²) in [5.41, 5.74) is 0. The number of aliphatic hydroxyl groups excluding tert-OH is 1. The molecule has 0 aromatic heterocycles. The smallest absolute Gasteiger partial charge is 0.0801 e. The number of hydrogen-bond donors (Lipinski definition) is 1. The summed E-state index contributed by atoms with van der Waals surface area (Å²) in [6.45, 7) is 3.91. The molecule has 3 nitrogen and oxygen atoms in total. The van der Waals surface area contributed by atoms with E-state index in [9.17, 15) is 5.11 Å². The van der Waals surface area contributed by atoms with Crippen LogP contribution in [0.4, 0.5) is 0 Å². The van der Waals surface area contributed by atoms with Crippen LogP contribution in [0.2, 0.25) is 0 Å². The fraction of sp³-hybridized carbons (Fsp3) is 1.00. The lowest BCUT2D eigenvalue weighted by molar-refractivity contribution is -0.0223. The molecule has 1 aliphatic rings. The number of ether oxygens (including phenoxy) is 2. The summed E-state index contributed by atoms with van der Waals surface area (Å²) in [6.07, 6.45) is 4.58. The largest absolute Gasteiger partial charge is 0.390 e. The first kappa shape index (κ1) is 12.9. The van der Waals surface area contributed by atoms with Gasteiger partial charge >= 0.3 is 0 Å². The van der Waals surface area contributed by atoms with Gasteiger partial charge in [-0.25, -0.2) is 0 Å². The highest BCUT2D eigenvalue weighted by molar-refractivity contribution is 4.76. The van der Waals surface area contributed by atoms with Gasteiger partial charge in [-0.15, -0.1) is 0 Å². The molecule has 3 heteroatoms. The van der Waals surface area contributed by atoms with Crippen molar-refractivity contribution in [2.75, 3.05) is 26.9 Å². The van der Waals surface area contributed by atoms with Crippen LogP contribution >= 0.6 is 0 Å². The van der Waals surface area contributed by atoms with E-state index in [-0.39, 0.29) is 6.10 Å². The average Bonchev–Trinajstić information content (AvgIpc) is 2.24. The second kappa shape index (κ2) is 7.20. The molecule has 0 amide bonds. The highest BCUT2D eigenvalue weighted by atomic mass is 16.5. The topological polar surface area (TPSA) is 38.7 Å². The van der Waals surface area contributed by atoms with Crippen LogP contribution in [0.15, 0.2) is 0 Å². The molecule has 0 aromatic rings. The Morgan fingerprint density at radius 2 is 2.13 bits per heavy atom. The zero-order valence-corrected chi connectivity index (χ0v) is 9.95. The van der Waals surface area contributed by atoms with Crippen LogP contribution in [-0.2, 0) is 9.47 Å². The van der Waals surface area contributed by atoms with E-state index in [2.05, 4.69) is 6.92 Å². The normalized spacial score (nSPS) is 29.0. The highest BCUT2D eigenvalue weighted by Crippen LogP contribution is 2.30. The first-order valence-electron chi connectivity index (χ1n) is 5.98. The third-order valence-corrected chi connectivity index (χ3v) is 3.24. The molecule has 0 aliphatic heterocycles. The minimum Gasteiger partial charge on any atom is -0.390 e. The minimum atomic E-state index is -0.287. The average molecular weight is 216 g/mol. The van der Waals surface area contributed by atoms with E-state index in [0.29, 0.717) is 25.7 Å². The van der Waals surface area contributed by atoms with Crippen LogP contribution < -0.4 is 0 Å². The quantitative estimate of drug-likeness (QED) is 0.688. The van der Waals surface area contributed by atoms with Crippen molar-refractivity contribution in [2.24, 2.45) is 11.8 Å². The van der Waals surface area contributed by atoms with Gasteiger partial charge in [0.25, 0.3) is 0 Å². The molecule has 1 N–H and O–H groups in total. The molecule has 3 atom stereocenters. The van der Waals surface area contributed by atoms with Crippen molar-refractivity contribution in [3.05, 3.63) is 0 Å².